The summed E-state index contributed by atoms with van der Waals surface area (Å²) in [6.07, 6.45) is 2.19. The van der Waals surface area contributed by atoms with Crippen LogP contribution in [0.15, 0.2) is 29.1 Å². The summed E-state index contributed by atoms with van der Waals surface area (Å²) < 4.78 is 0. The maximum Gasteiger partial charge on any atom is 0.345 e. The van der Waals surface area contributed by atoms with Gasteiger partial charge in [0.25, 0.3) is 12.1 Å². The van der Waals surface area contributed by atoms with E-state index in [0.29, 0.717) is 29.8 Å². The van der Waals surface area contributed by atoms with E-state index < -0.39 is 22.8 Å². The topological polar surface area (TPSA) is 124 Å². The van der Waals surface area contributed by atoms with Gasteiger partial charge in [-0.2, -0.15) is 0 Å². The Balaban J connectivity index is 1.67. The van der Waals surface area contributed by atoms with Gasteiger partial charge in [0.2, 0.25) is 0 Å². The monoisotopic (exact) mass is 409 g/mol. The van der Waals surface area contributed by atoms with Crippen LogP contribution in [0.4, 0.5) is 5.69 Å². The van der Waals surface area contributed by atoms with Crippen LogP contribution in [0.1, 0.15) is 35.7 Å². The van der Waals surface area contributed by atoms with Gasteiger partial charge in [0.1, 0.15) is 12.3 Å². The molecule has 8 heteroatoms. The van der Waals surface area contributed by atoms with E-state index in [9.17, 15) is 19.8 Å². The molecular weight excluding hydrogens is 384 g/mol. The van der Waals surface area contributed by atoms with E-state index in [1.165, 1.54) is 0 Å². The summed E-state index contributed by atoms with van der Waals surface area (Å²) in [5.74, 6) is -1.71. The van der Waals surface area contributed by atoms with Crippen LogP contribution in [0, 0.1) is 12.5 Å². The van der Waals surface area contributed by atoms with Crippen molar-refractivity contribution in [1.29, 1.82) is 0 Å². The zero-order valence-electron chi connectivity index (χ0n) is 16.8. The summed E-state index contributed by atoms with van der Waals surface area (Å²) in [7, 11) is 0. The highest BCUT2D eigenvalue weighted by Gasteiger charge is 2.61. The van der Waals surface area contributed by atoms with Crippen molar-refractivity contribution in [2.75, 3.05) is 18.0 Å². The summed E-state index contributed by atoms with van der Waals surface area (Å²) in [5, 5.41) is 19.5. The Hall–Kier alpha value is -3.31. The van der Waals surface area contributed by atoms with Crippen molar-refractivity contribution >= 4 is 11.7 Å². The summed E-state index contributed by atoms with van der Waals surface area (Å²) in [6, 6.07) is 7.66. The number of hydrogen-bond donors (Lipinski definition) is 4. The van der Waals surface area contributed by atoms with E-state index in [-0.39, 0.29) is 17.5 Å². The lowest BCUT2D eigenvalue weighted by Crippen LogP contribution is -2.36. The molecule has 30 heavy (non-hydrogen) atoms. The van der Waals surface area contributed by atoms with E-state index in [2.05, 4.69) is 14.7 Å². The average molecular weight is 409 g/mol. The molecule has 1 aromatic carbocycles. The van der Waals surface area contributed by atoms with Gasteiger partial charge in [0.15, 0.2) is 5.56 Å². The molecule has 0 amide bonds. The maximum atomic E-state index is 12.2. The predicted molar refractivity (Wildman–Crippen MR) is 114 cm³/mol. The van der Waals surface area contributed by atoms with E-state index >= 15 is 0 Å². The first-order chi connectivity index (χ1) is 14.3. The Morgan fingerprint density at radius 3 is 2.67 bits per heavy atom. The quantitative estimate of drug-likeness (QED) is 0.614. The smallest absolute Gasteiger partial charge is 0.345 e. The molecule has 4 rings (SSSR count). The van der Waals surface area contributed by atoms with Gasteiger partial charge < -0.3 is 25.8 Å². The molecule has 1 saturated heterocycles. The van der Waals surface area contributed by atoms with Crippen LogP contribution in [-0.4, -0.2) is 45.8 Å². The minimum atomic E-state index is -1.46. The zero-order chi connectivity index (χ0) is 21.6. The first-order valence-corrected chi connectivity index (χ1v) is 10.1. The number of fused-ring (bicyclic) bond motifs is 1. The molecule has 8 nitrogen and oxygen atoms in total. The summed E-state index contributed by atoms with van der Waals surface area (Å²) in [6.45, 7) is 9.04. The van der Waals surface area contributed by atoms with Gasteiger partial charge in [-0.05, 0) is 30.5 Å². The highest BCUT2D eigenvalue weighted by Crippen LogP contribution is 2.45. The number of aromatic carboxylic acids is 1. The number of nitrogens with zero attached hydrogens (tertiary/aromatic N) is 2. The fourth-order valence-corrected chi connectivity index (χ4v) is 4.99. The fourth-order valence-electron chi connectivity index (χ4n) is 4.99. The van der Waals surface area contributed by atoms with Crippen molar-refractivity contribution in [2.45, 2.75) is 37.8 Å². The average Bonchev–Trinajstić information content (AvgIpc) is 3.25. The molecule has 1 saturated carbocycles. The highest BCUT2D eigenvalue weighted by molar-refractivity contribution is 5.92. The van der Waals surface area contributed by atoms with Crippen LogP contribution in [0.2, 0.25) is 0 Å². The van der Waals surface area contributed by atoms with Crippen molar-refractivity contribution in [3.8, 4) is 23.6 Å². The van der Waals surface area contributed by atoms with Gasteiger partial charge in [-0.25, -0.2) is 4.79 Å². The first-order valence-electron chi connectivity index (χ1n) is 10.1. The molecule has 0 radical (unpaired) electrons. The third kappa shape index (κ3) is 2.94. The van der Waals surface area contributed by atoms with Crippen molar-refractivity contribution in [1.82, 2.24) is 4.98 Å². The number of aromatic nitrogens is 1. The standard InChI is InChI=1S/C22H24N4O4/c1-3-14-18(25-20(28)17(19(14)27)21(29)30)12-4-6-13(7-5-12)26-10-15-16(23)8-9-22(15,11-26)24-2/h2,4-7,15-16H,3,8-11,23H2,1H3,(H2-,25,27,28,29,30)/p+1. The number of benzene rings is 1. The van der Waals surface area contributed by atoms with Gasteiger partial charge >= 0.3 is 11.5 Å². The van der Waals surface area contributed by atoms with Crippen LogP contribution in [-0.2, 0) is 6.42 Å². The molecule has 0 bridgehead atoms. The van der Waals surface area contributed by atoms with Crippen molar-refractivity contribution < 1.29 is 15.0 Å². The molecule has 5 N–H and O–H groups in total. The van der Waals surface area contributed by atoms with E-state index in [4.69, 9.17) is 12.3 Å². The Morgan fingerprint density at radius 2 is 2.10 bits per heavy atom. The highest BCUT2D eigenvalue weighted by atomic mass is 16.4. The summed E-state index contributed by atoms with van der Waals surface area (Å²) in [4.78, 5) is 32.5. The van der Waals surface area contributed by atoms with Crippen LogP contribution in [0.25, 0.3) is 16.1 Å². The number of anilines is 1. The second-order valence-corrected chi connectivity index (χ2v) is 8.16. The lowest BCUT2D eigenvalue weighted by atomic mass is 9.90. The largest absolute Gasteiger partial charge is 0.506 e. The lowest BCUT2D eigenvalue weighted by Gasteiger charge is -2.20. The second kappa shape index (κ2) is 7.18. The summed E-state index contributed by atoms with van der Waals surface area (Å²) >= 11 is 0. The number of pyridine rings is 1. The zero-order valence-corrected chi connectivity index (χ0v) is 16.8. The minimum absolute atomic E-state index is 0.0921. The second-order valence-electron chi connectivity index (χ2n) is 8.16. The van der Waals surface area contributed by atoms with Crippen LogP contribution >= 0.6 is 0 Å². The molecule has 1 aliphatic heterocycles. The number of carboxylic acid groups (broad SMARTS) is 1. The molecule has 3 unspecified atom stereocenters. The fraction of sp³-hybridized carbons (Fsp3) is 0.409. The summed E-state index contributed by atoms with van der Waals surface area (Å²) in [5.41, 5.74) is 7.01. The molecule has 156 valence electrons. The van der Waals surface area contributed by atoms with E-state index in [0.717, 1.165) is 25.1 Å². The third-order valence-electron chi connectivity index (χ3n) is 6.64. The van der Waals surface area contributed by atoms with Crippen LogP contribution < -0.4 is 16.2 Å². The molecule has 1 aromatic heterocycles. The third-order valence-corrected chi connectivity index (χ3v) is 6.64. The lowest BCUT2D eigenvalue weighted by molar-refractivity contribution is 0.0691. The number of rotatable bonds is 4. The van der Waals surface area contributed by atoms with Gasteiger partial charge in [-0.3, -0.25) is 4.79 Å². The predicted octanol–water partition coefficient (Wildman–Crippen LogP) is 2.27. The van der Waals surface area contributed by atoms with Crippen LogP contribution in [0.3, 0.4) is 0 Å². The Kier molecular flexibility index (Phi) is 4.79. The van der Waals surface area contributed by atoms with Crippen LogP contribution in [0.5, 0.6) is 5.75 Å². The number of aromatic hydroxyl groups is 1. The molecular formula is C22H25N4O4+. The number of carbonyl (C=O) groups is 1. The van der Waals surface area contributed by atoms with Crippen molar-refractivity contribution in [3.05, 3.63) is 50.6 Å². The molecule has 2 heterocycles. The van der Waals surface area contributed by atoms with Crippen molar-refractivity contribution in [2.24, 2.45) is 11.7 Å². The molecule has 2 aliphatic rings. The normalized spacial score (nSPS) is 25.2. The Labute approximate surface area is 173 Å². The van der Waals surface area contributed by atoms with E-state index in [1.807, 2.05) is 24.3 Å². The molecule has 3 atom stereocenters. The number of H-pyrrole nitrogens is 1. The molecule has 1 aliphatic carbocycles. The minimum Gasteiger partial charge on any atom is -0.506 e. The Bertz CT molecular complexity index is 1100. The Morgan fingerprint density at radius 1 is 1.40 bits per heavy atom. The van der Waals surface area contributed by atoms with Gasteiger partial charge in [0.05, 0.1) is 11.6 Å². The van der Waals surface area contributed by atoms with E-state index in [1.54, 1.807) is 6.92 Å². The molecule has 0 spiro atoms. The number of nitrogens with one attached hydrogen (secondary N) is 1. The van der Waals surface area contributed by atoms with Gasteiger partial charge in [0, 0.05) is 30.3 Å². The van der Waals surface area contributed by atoms with Gasteiger partial charge in [-0.15, -0.1) is 0 Å². The molecule has 2 aromatic rings. The number of aromatic amines is 1. The molecule has 2 fully saturated rings. The number of nitrogens with two attached hydrogens (primary N) is 1. The maximum absolute atomic E-state index is 12.2. The number of hydrogen-bond acceptors (Lipinski definition) is 5. The number of carboxylic acids is 1. The first kappa shape index (κ1) is 20.0. The van der Waals surface area contributed by atoms with Gasteiger partial charge in [-0.1, -0.05) is 23.9 Å². The van der Waals surface area contributed by atoms with Crippen molar-refractivity contribution in [3.63, 3.8) is 0 Å². The SMILES string of the molecule is C#[N+]C12CCC(N)C1CN(c1ccc(-c3[nH]c(=O)c(C(=O)O)c(O)c3CC)cc1)C2.